The fraction of sp³-hybridized carbons (Fsp3) is 0.316. The maximum Gasteiger partial charge on any atom is 0.331 e. The van der Waals surface area contributed by atoms with Crippen molar-refractivity contribution in [1.29, 1.82) is 0 Å². The summed E-state index contributed by atoms with van der Waals surface area (Å²) >= 11 is 0. The SMILES string of the molecule is C/C=C/C=C/C(=O)OCC(=O)c1ccc(NC(=O)CC(C)C)cc1. The number of allylic oxidation sites excluding steroid dienone is 3. The van der Waals surface area contributed by atoms with E-state index in [9.17, 15) is 14.4 Å². The van der Waals surface area contributed by atoms with Crippen LogP contribution in [0.1, 0.15) is 37.6 Å². The molecule has 1 N–H and O–H groups in total. The van der Waals surface area contributed by atoms with Crippen molar-refractivity contribution >= 4 is 23.3 Å². The van der Waals surface area contributed by atoms with Gasteiger partial charge in [-0.15, -0.1) is 0 Å². The summed E-state index contributed by atoms with van der Waals surface area (Å²) < 4.78 is 4.86. The Bertz CT molecular complexity index is 627. The molecule has 0 saturated heterocycles. The van der Waals surface area contributed by atoms with Crippen LogP contribution in [0, 0.1) is 5.92 Å². The number of rotatable bonds is 8. The van der Waals surface area contributed by atoms with Crippen LogP contribution in [0.3, 0.4) is 0 Å². The smallest absolute Gasteiger partial charge is 0.331 e. The van der Waals surface area contributed by atoms with Crippen LogP contribution in [0.25, 0.3) is 0 Å². The van der Waals surface area contributed by atoms with E-state index >= 15 is 0 Å². The molecule has 5 heteroatoms. The third-order valence-electron chi connectivity index (χ3n) is 2.97. The Morgan fingerprint density at radius 3 is 2.38 bits per heavy atom. The van der Waals surface area contributed by atoms with Gasteiger partial charge in [0, 0.05) is 23.7 Å². The van der Waals surface area contributed by atoms with Crippen molar-refractivity contribution in [2.45, 2.75) is 27.2 Å². The number of anilines is 1. The van der Waals surface area contributed by atoms with E-state index in [4.69, 9.17) is 4.74 Å². The van der Waals surface area contributed by atoms with Crippen LogP contribution < -0.4 is 5.32 Å². The maximum atomic E-state index is 12.0. The molecule has 24 heavy (non-hydrogen) atoms. The number of amides is 1. The van der Waals surface area contributed by atoms with Crippen LogP contribution in [-0.4, -0.2) is 24.3 Å². The first-order chi connectivity index (χ1) is 11.4. The number of carbonyl (C=O) groups excluding carboxylic acids is 3. The van der Waals surface area contributed by atoms with Gasteiger partial charge >= 0.3 is 5.97 Å². The summed E-state index contributed by atoms with van der Waals surface area (Å²) in [5, 5.41) is 2.77. The molecule has 0 bridgehead atoms. The Morgan fingerprint density at radius 2 is 1.79 bits per heavy atom. The Hall–Kier alpha value is -2.69. The van der Waals surface area contributed by atoms with Crippen molar-refractivity contribution in [1.82, 2.24) is 0 Å². The highest BCUT2D eigenvalue weighted by molar-refractivity contribution is 5.99. The summed E-state index contributed by atoms with van der Waals surface area (Å²) in [7, 11) is 0. The van der Waals surface area contributed by atoms with Gasteiger partial charge in [0.05, 0.1) is 0 Å². The van der Waals surface area contributed by atoms with E-state index in [-0.39, 0.29) is 24.2 Å². The van der Waals surface area contributed by atoms with Crippen LogP contribution in [-0.2, 0) is 14.3 Å². The molecule has 0 atom stereocenters. The topological polar surface area (TPSA) is 72.5 Å². The highest BCUT2D eigenvalue weighted by Crippen LogP contribution is 2.12. The number of Topliss-reactive ketones (excluding diaryl/α,β-unsaturated/α-hetero) is 1. The van der Waals surface area contributed by atoms with Crippen LogP contribution in [0.2, 0.25) is 0 Å². The molecule has 0 spiro atoms. The molecule has 0 radical (unpaired) electrons. The van der Waals surface area contributed by atoms with E-state index in [0.717, 1.165) is 0 Å². The Kier molecular flexibility index (Phi) is 8.19. The third kappa shape index (κ3) is 7.54. The summed E-state index contributed by atoms with van der Waals surface area (Å²) in [5.74, 6) is -0.657. The second-order valence-corrected chi connectivity index (χ2v) is 5.64. The lowest BCUT2D eigenvalue weighted by molar-refractivity contribution is -0.136. The van der Waals surface area contributed by atoms with E-state index in [1.54, 1.807) is 42.5 Å². The molecular formula is C19H23NO4. The molecule has 0 unspecified atom stereocenters. The van der Waals surface area contributed by atoms with Gasteiger partial charge in [-0.2, -0.15) is 0 Å². The monoisotopic (exact) mass is 329 g/mol. The summed E-state index contributed by atoms with van der Waals surface area (Å²) in [5.41, 5.74) is 1.05. The molecule has 0 saturated carbocycles. The van der Waals surface area contributed by atoms with Crippen LogP contribution in [0.15, 0.2) is 48.6 Å². The Labute approximate surface area is 142 Å². The summed E-state index contributed by atoms with van der Waals surface area (Å²) in [6, 6.07) is 6.49. The lowest BCUT2D eigenvalue weighted by Gasteiger charge is -2.08. The van der Waals surface area contributed by atoms with Gasteiger partial charge in [0.1, 0.15) is 0 Å². The highest BCUT2D eigenvalue weighted by atomic mass is 16.5. The molecule has 0 aliphatic carbocycles. The van der Waals surface area contributed by atoms with E-state index in [1.807, 2.05) is 20.8 Å². The number of benzene rings is 1. The number of hydrogen-bond donors (Lipinski definition) is 1. The number of ketones is 1. The lowest BCUT2D eigenvalue weighted by Crippen LogP contribution is -2.14. The zero-order valence-electron chi connectivity index (χ0n) is 14.2. The lowest BCUT2D eigenvalue weighted by atomic mass is 10.1. The molecule has 128 valence electrons. The van der Waals surface area contributed by atoms with Crippen LogP contribution in [0.4, 0.5) is 5.69 Å². The number of carbonyl (C=O) groups is 3. The standard InChI is InChI=1S/C19H23NO4/c1-4-5-6-7-19(23)24-13-17(21)15-8-10-16(11-9-15)20-18(22)12-14(2)3/h4-11,14H,12-13H2,1-3H3,(H,20,22)/b5-4+,7-6+. The van der Waals surface area contributed by atoms with Gasteiger partial charge in [-0.05, 0) is 37.1 Å². The van der Waals surface area contributed by atoms with Crippen molar-refractivity contribution in [3.05, 3.63) is 54.1 Å². The van der Waals surface area contributed by atoms with Gasteiger partial charge in [0.25, 0.3) is 0 Å². The number of esters is 1. The number of hydrogen-bond acceptors (Lipinski definition) is 4. The van der Waals surface area contributed by atoms with E-state index in [2.05, 4.69) is 5.32 Å². The predicted molar refractivity (Wildman–Crippen MR) is 93.8 cm³/mol. The molecule has 0 fully saturated rings. The van der Waals surface area contributed by atoms with Gasteiger partial charge in [-0.25, -0.2) is 4.79 Å². The molecule has 1 aromatic rings. The van der Waals surface area contributed by atoms with Gasteiger partial charge in [-0.3, -0.25) is 9.59 Å². The maximum absolute atomic E-state index is 12.0. The van der Waals surface area contributed by atoms with Crippen molar-refractivity contribution in [2.75, 3.05) is 11.9 Å². The van der Waals surface area contributed by atoms with Gasteiger partial charge in [-0.1, -0.05) is 32.1 Å². The Morgan fingerprint density at radius 1 is 1.12 bits per heavy atom. The molecule has 0 heterocycles. The molecular weight excluding hydrogens is 306 g/mol. The summed E-state index contributed by atoms with van der Waals surface area (Å²) in [6.45, 7) is 5.44. The second kappa shape index (κ2) is 10.2. The first kappa shape index (κ1) is 19.4. The van der Waals surface area contributed by atoms with Crippen molar-refractivity contribution in [2.24, 2.45) is 5.92 Å². The molecule has 5 nitrogen and oxygen atoms in total. The molecule has 1 aromatic carbocycles. The average Bonchev–Trinajstić information content (AvgIpc) is 2.52. The number of ether oxygens (including phenoxy) is 1. The van der Waals surface area contributed by atoms with E-state index in [0.29, 0.717) is 17.7 Å². The second-order valence-electron chi connectivity index (χ2n) is 5.64. The molecule has 1 amide bonds. The molecule has 1 rings (SSSR count). The Balaban J connectivity index is 2.51. The van der Waals surface area contributed by atoms with Gasteiger partial charge in [0.15, 0.2) is 12.4 Å². The molecule has 0 aromatic heterocycles. The summed E-state index contributed by atoms with van der Waals surface area (Å²) in [4.78, 5) is 35.0. The fourth-order valence-corrected chi connectivity index (χ4v) is 1.84. The van der Waals surface area contributed by atoms with Crippen LogP contribution in [0.5, 0.6) is 0 Å². The summed E-state index contributed by atoms with van der Waals surface area (Å²) in [6.07, 6.45) is 6.70. The first-order valence-electron chi connectivity index (χ1n) is 7.81. The first-order valence-corrected chi connectivity index (χ1v) is 7.81. The predicted octanol–water partition coefficient (Wildman–Crippen LogP) is 3.53. The highest BCUT2D eigenvalue weighted by Gasteiger charge is 2.09. The normalized spacial score (nSPS) is 11.2. The van der Waals surface area contributed by atoms with E-state index < -0.39 is 5.97 Å². The minimum atomic E-state index is -0.570. The molecule has 0 aliphatic heterocycles. The third-order valence-corrected chi connectivity index (χ3v) is 2.97. The molecule has 0 aliphatic rings. The minimum absolute atomic E-state index is 0.0640. The van der Waals surface area contributed by atoms with Crippen LogP contribution >= 0.6 is 0 Å². The fourth-order valence-electron chi connectivity index (χ4n) is 1.84. The minimum Gasteiger partial charge on any atom is -0.454 e. The van der Waals surface area contributed by atoms with Crippen molar-refractivity contribution < 1.29 is 19.1 Å². The average molecular weight is 329 g/mol. The zero-order chi connectivity index (χ0) is 17.9. The van der Waals surface area contributed by atoms with Crippen molar-refractivity contribution in [3.63, 3.8) is 0 Å². The zero-order valence-corrected chi connectivity index (χ0v) is 14.2. The van der Waals surface area contributed by atoms with Gasteiger partial charge < -0.3 is 10.1 Å². The van der Waals surface area contributed by atoms with E-state index in [1.165, 1.54) is 6.08 Å². The van der Waals surface area contributed by atoms with Gasteiger partial charge in [0.2, 0.25) is 5.91 Å². The quantitative estimate of drug-likeness (QED) is 0.343. The largest absolute Gasteiger partial charge is 0.454 e. The van der Waals surface area contributed by atoms with Crippen molar-refractivity contribution in [3.8, 4) is 0 Å². The number of nitrogens with one attached hydrogen (secondary N) is 1.